The summed E-state index contributed by atoms with van der Waals surface area (Å²) in [6.45, 7) is 0.938. The van der Waals surface area contributed by atoms with E-state index in [2.05, 4.69) is 0 Å². The fourth-order valence-electron chi connectivity index (χ4n) is 0.467. The monoisotopic (exact) mass is 133 g/mol. The van der Waals surface area contributed by atoms with Crippen molar-refractivity contribution >= 4 is 0 Å². The van der Waals surface area contributed by atoms with Crippen molar-refractivity contribution in [2.24, 2.45) is 5.41 Å². The Bertz CT molecular complexity index is 51.2. The number of aliphatic hydroxyl groups excluding tert-OH is 2. The van der Waals surface area contributed by atoms with Crippen molar-refractivity contribution in [3.8, 4) is 0 Å². The Balaban J connectivity index is 3.82. The third-order valence-corrected chi connectivity index (χ3v) is 1.73. The van der Waals surface area contributed by atoms with Crippen LogP contribution in [0.25, 0.3) is 0 Å². The highest BCUT2D eigenvalue weighted by molar-refractivity contribution is 4.73. The van der Waals surface area contributed by atoms with E-state index in [9.17, 15) is 5.11 Å². The first kappa shape index (κ1) is 8.88. The molecule has 0 saturated carbocycles. The van der Waals surface area contributed by atoms with Crippen LogP contribution in [0.5, 0.6) is 0 Å². The van der Waals surface area contributed by atoms with Crippen LogP contribution in [0.3, 0.4) is 0 Å². The molecule has 3 nitrogen and oxygen atoms in total. The summed E-state index contributed by atoms with van der Waals surface area (Å²) in [5.74, 6) is 0. The Morgan fingerprint density at radius 3 is 1.78 bits per heavy atom. The van der Waals surface area contributed by atoms with Crippen LogP contribution in [-0.2, 0) is 0 Å². The van der Waals surface area contributed by atoms with Crippen molar-refractivity contribution in [2.75, 3.05) is 19.8 Å². The molecule has 0 atom stereocenters. The van der Waals surface area contributed by atoms with E-state index < -0.39 is 12.0 Å². The minimum absolute atomic E-state index is 0.219. The van der Waals surface area contributed by atoms with Gasteiger partial charge in [-0.25, -0.2) is 0 Å². The molecule has 0 rings (SSSR count). The molecule has 9 heavy (non-hydrogen) atoms. The molecule has 0 amide bonds. The molecular weight excluding hydrogens is 120 g/mol. The van der Waals surface area contributed by atoms with Gasteiger partial charge in [-0.2, -0.15) is 0 Å². The second-order valence-electron chi connectivity index (χ2n) is 2.31. The van der Waals surface area contributed by atoms with Crippen molar-refractivity contribution in [3.05, 3.63) is 0 Å². The Morgan fingerprint density at radius 2 is 1.78 bits per heavy atom. The van der Waals surface area contributed by atoms with Crippen LogP contribution in [0.2, 0.25) is 0 Å². The molecule has 0 unspecified atom stereocenters. The van der Waals surface area contributed by atoms with Gasteiger partial charge in [0.25, 0.3) is 0 Å². The Hall–Kier alpha value is -0.120. The first-order chi connectivity index (χ1) is 4.24. The van der Waals surface area contributed by atoms with Crippen LogP contribution in [0.15, 0.2) is 0 Å². The molecule has 0 heterocycles. The fourth-order valence-corrected chi connectivity index (χ4v) is 0.467. The summed E-state index contributed by atoms with van der Waals surface area (Å²) in [5, 5.41) is 27.6. The third kappa shape index (κ3) is 1.93. The average molecular weight is 133 g/mol. The second-order valence-corrected chi connectivity index (χ2v) is 2.31. The number of hydrogen-bond acceptors (Lipinski definition) is 3. The molecule has 0 aromatic heterocycles. The summed E-state index contributed by atoms with van der Waals surface area (Å²) in [4.78, 5) is 0. The van der Waals surface area contributed by atoms with Gasteiger partial charge in [0.1, 0.15) is 0 Å². The number of aliphatic hydroxyl groups is 2. The van der Waals surface area contributed by atoms with E-state index in [0.717, 1.165) is 0 Å². The van der Waals surface area contributed by atoms with E-state index in [-0.39, 0.29) is 13.2 Å². The molecule has 0 saturated heterocycles. The predicted molar refractivity (Wildman–Crippen MR) is 31.8 cm³/mol. The van der Waals surface area contributed by atoms with Crippen LogP contribution in [0, 0.1) is 5.41 Å². The van der Waals surface area contributed by atoms with E-state index in [0.29, 0.717) is 6.42 Å². The highest BCUT2D eigenvalue weighted by Gasteiger charge is 2.20. The average Bonchev–Trinajstić information content (AvgIpc) is 1.95. The smallest absolute Gasteiger partial charge is 0.0496 e. The lowest BCUT2D eigenvalue weighted by molar-refractivity contribution is -0.397. The number of rotatable bonds is 4. The molecule has 2 N–H and O–H groups in total. The van der Waals surface area contributed by atoms with E-state index in [1.54, 1.807) is 6.92 Å². The first-order valence-corrected chi connectivity index (χ1v) is 3.04. The maximum absolute atomic E-state index is 10.3. The van der Waals surface area contributed by atoms with E-state index in [1.165, 1.54) is 0 Å². The highest BCUT2D eigenvalue weighted by Crippen LogP contribution is 2.17. The molecule has 0 aliphatic carbocycles. The molecule has 0 spiro atoms. The number of hydrogen-bond donors (Lipinski definition) is 2. The van der Waals surface area contributed by atoms with Crippen LogP contribution in [-0.4, -0.2) is 30.0 Å². The van der Waals surface area contributed by atoms with Crippen molar-refractivity contribution < 1.29 is 15.3 Å². The van der Waals surface area contributed by atoms with Gasteiger partial charge in [0.15, 0.2) is 0 Å². The van der Waals surface area contributed by atoms with Gasteiger partial charge in [-0.05, 0) is 6.42 Å². The van der Waals surface area contributed by atoms with Gasteiger partial charge in [0.05, 0.1) is 0 Å². The van der Waals surface area contributed by atoms with Crippen LogP contribution in [0.4, 0.5) is 0 Å². The fraction of sp³-hybridized carbons (Fsp3) is 1.00. The molecule has 56 valence electrons. The topological polar surface area (TPSA) is 63.5 Å². The van der Waals surface area contributed by atoms with Gasteiger partial charge in [-0.3, -0.25) is 0 Å². The van der Waals surface area contributed by atoms with Crippen molar-refractivity contribution in [2.45, 2.75) is 13.3 Å². The minimum atomic E-state index is -0.778. The standard InChI is InChI=1S/C6H13O3/c1-2-6(3-7,4-8)5-9/h7-8H,2-5H2,1H3/q-1. The maximum Gasteiger partial charge on any atom is 0.0496 e. The van der Waals surface area contributed by atoms with Gasteiger partial charge in [-0.1, -0.05) is 6.92 Å². The largest absolute Gasteiger partial charge is 0.854 e. The van der Waals surface area contributed by atoms with Crippen molar-refractivity contribution in [3.63, 3.8) is 0 Å². The third-order valence-electron chi connectivity index (χ3n) is 1.73. The van der Waals surface area contributed by atoms with Gasteiger partial charge in [0, 0.05) is 18.6 Å². The van der Waals surface area contributed by atoms with Crippen LogP contribution in [0.1, 0.15) is 13.3 Å². The summed E-state index contributed by atoms with van der Waals surface area (Å²) in [7, 11) is 0. The van der Waals surface area contributed by atoms with Crippen LogP contribution >= 0.6 is 0 Å². The maximum atomic E-state index is 10.3. The SMILES string of the molecule is CCC(C[O-])(CO)CO. The lowest BCUT2D eigenvalue weighted by atomic mass is 9.88. The molecule has 0 aliphatic heterocycles. The van der Waals surface area contributed by atoms with Gasteiger partial charge >= 0.3 is 0 Å². The van der Waals surface area contributed by atoms with Gasteiger partial charge in [-0.15, -0.1) is 6.61 Å². The lowest BCUT2D eigenvalue weighted by Crippen LogP contribution is -2.38. The molecule has 3 heteroatoms. The zero-order valence-electron chi connectivity index (χ0n) is 5.63. The highest BCUT2D eigenvalue weighted by atomic mass is 16.3. The first-order valence-electron chi connectivity index (χ1n) is 3.04. The molecule has 0 radical (unpaired) electrons. The van der Waals surface area contributed by atoms with Gasteiger partial charge < -0.3 is 15.3 Å². The van der Waals surface area contributed by atoms with Crippen molar-refractivity contribution in [1.29, 1.82) is 0 Å². The zero-order chi connectivity index (χ0) is 7.33. The minimum Gasteiger partial charge on any atom is -0.854 e. The van der Waals surface area contributed by atoms with Gasteiger partial charge in [0.2, 0.25) is 0 Å². The summed E-state index contributed by atoms with van der Waals surface area (Å²) in [6.07, 6.45) is 0.531. The predicted octanol–water partition coefficient (Wildman–Crippen LogP) is -1.27. The molecule has 0 fully saturated rings. The van der Waals surface area contributed by atoms with E-state index >= 15 is 0 Å². The summed E-state index contributed by atoms with van der Waals surface area (Å²) in [6, 6.07) is 0. The van der Waals surface area contributed by atoms with E-state index in [4.69, 9.17) is 10.2 Å². The Kier molecular flexibility index (Phi) is 3.77. The Labute approximate surface area is 54.9 Å². The molecule has 0 bridgehead atoms. The summed E-state index contributed by atoms with van der Waals surface area (Å²) >= 11 is 0. The normalized spacial score (nSPS) is 12.0. The zero-order valence-corrected chi connectivity index (χ0v) is 5.63. The summed E-state index contributed by atoms with van der Waals surface area (Å²) in [5.41, 5.74) is -0.778. The Morgan fingerprint density at radius 1 is 1.33 bits per heavy atom. The van der Waals surface area contributed by atoms with Crippen LogP contribution < -0.4 is 5.11 Å². The molecule has 0 aromatic rings. The molecule has 0 aromatic carbocycles. The summed E-state index contributed by atoms with van der Waals surface area (Å²) < 4.78 is 0. The second kappa shape index (κ2) is 3.82. The molecular formula is C6H13O3-. The molecule has 0 aliphatic rings. The van der Waals surface area contributed by atoms with E-state index in [1.807, 2.05) is 0 Å². The van der Waals surface area contributed by atoms with Crippen molar-refractivity contribution in [1.82, 2.24) is 0 Å². The quantitative estimate of drug-likeness (QED) is 0.502. The lowest BCUT2D eigenvalue weighted by Gasteiger charge is -2.31.